The number of hydrogen-bond acceptors (Lipinski definition) is 2. The maximum absolute atomic E-state index is 5.92. The van der Waals surface area contributed by atoms with Crippen molar-refractivity contribution in [1.82, 2.24) is 5.32 Å². The quantitative estimate of drug-likeness (QED) is 0.492. The first-order chi connectivity index (χ1) is 8.75. The molecule has 3 N–H and O–H groups in total. The van der Waals surface area contributed by atoms with E-state index in [1.807, 2.05) is 13.0 Å². The number of aryl methyl sites for hydroxylation is 1. The van der Waals surface area contributed by atoms with Crippen LogP contribution < -0.4 is 11.1 Å². The van der Waals surface area contributed by atoms with Crippen LogP contribution in [0, 0.1) is 6.92 Å². The number of furan rings is 1. The molecule has 0 spiro atoms. The number of nitrogens with one attached hydrogen (secondary N) is 1. The summed E-state index contributed by atoms with van der Waals surface area (Å²) in [6.45, 7) is 2.54. The molecule has 18 heavy (non-hydrogen) atoms. The van der Waals surface area contributed by atoms with Gasteiger partial charge in [0, 0.05) is 6.04 Å². The van der Waals surface area contributed by atoms with Crippen LogP contribution in [0.2, 0.25) is 0 Å². The summed E-state index contributed by atoms with van der Waals surface area (Å²) >= 11 is 0. The average molecular weight is 249 g/mol. The van der Waals surface area contributed by atoms with Gasteiger partial charge in [-0.15, -0.1) is 0 Å². The monoisotopic (exact) mass is 249 g/mol. The summed E-state index contributed by atoms with van der Waals surface area (Å²) in [7, 11) is 0. The predicted octanol–water partition coefficient (Wildman–Crippen LogP) is 2.72. The fourth-order valence-electron chi connectivity index (χ4n) is 2.40. The molecule has 4 heteroatoms. The zero-order valence-electron chi connectivity index (χ0n) is 11.1. The highest BCUT2D eigenvalue weighted by Crippen LogP contribution is 2.17. The molecular formula is C14H23N3O. The highest BCUT2D eigenvalue weighted by Gasteiger charge is 2.12. The number of guanidine groups is 1. The van der Waals surface area contributed by atoms with Gasteiger partial charge in [0.2, 0.25) is 0 Å². The van der Waals surface area contributed by atoms with E-state index in [0.29, 0.717) is 18.5 Å². The van der Waals surface area contributed by atoms with E-state index in [4.69, 9.17) is 10.2 Å². The molecule has 0 radical (unpaired) electrons. The molecule has 1 heterocycles. The second-order valence-corrected chi connectivity index (χ2v) is 5.06. The van der Waals surface area contributed by atoms with Gasteiger partial charge in [0.05, 0.1) is 6.26 Å². The topological polar surface area (TPSA) is 63.5 Å². The van der Waals surface area contributed by atoms with Gasteiger partial charge in [0.15, 0.2) is 5.96 Å². The standard InChI is InChI=1S/C14H23N3O/c1-11-8-9-18-13(11)10-16-14(15)17-12-6-4-2-3-5-7-12/h8-9,12H,2-7,10H2,1H3,(H3,15,16,17). The van der Waals surface area contributed by atoms with Crippen LogP contribution in [-0.4, -0.2) is 12.0 Å². The van der Waals surface area contributed by atoms with Crippen molar-refractivity contribution >= 4 is 5.96 Å². The molecule has 0 amide bonds. The summed E-state index contributed by atoms with van der Waals surface area (Å²) < 4.78 is 5.33. The Bertz CT molecular complexity index is 389. The van der Waals surface area contributed by atoms with Crippen molar-refractivity contribution in [2.75, 3.05) is 0 Å². The van der Waals surface area contributed by atoms with Gasteiger partial charge in [-0.1, -0.05) is 25.7 Å². The van der Waals surface area contributed by atoms with Gasteiger partial charge in [0.1, 0.15) is 12.3 Å². The van der Waals surface area contributed by atoms with Crippen molar-refractivity contribution < 1.29 is 4.42 Å². The third kappa shape index (κ3) is 3.79. The van der Waals surface area contributed by atoms with E-state index < -0.39 is 0 Å². The number of rotatable bonds is 3. The largest absolute Gasteiger partial charge is 0.467 e. The van der Waals surface area contributed by atoms with E-state index in [-0.39, 0.29) is 0 Å². The van der Waals surface area contributed by atoms with Crippen molar-refractivity contribution in [3.63, 3.8) is 0 Å². The second-order valence-electron chi connectivity index (χ2n) is 5.06. The van der Waals surface area contributed by atoms with E-state index in [1.165, 1.54) is 38.5 Å². The number of nitrogens with zero attached hydrogens (tertiary/aromatic N) is 1. The molecule has 0 aliphatic heterocycles. The lowest BCUT2D eigenvalue weighted by Gasteiger charge is -2.16. The van der Waals surface area contributed by atoms with Crippen LogP contribution in [0.15, 0.2) is 21.7 Å². The molecule has 0 bridgehead atoms. The van der Waals surface area contributed by atoms with Crippen molar-refractivity contribution in [2.45, 2.75) is 58.0 Å². The molecule has 2 rings (SSSR count). The van der Waals surface area contributed by atoms with Gasteiger partial charge in [0.25, 0.3) is 0 Å². The van der Waals surface area contributed by atoms with E-state index in [0.717, 1.165) is 11.3 Å². The van der Waals surface area contributed by atoms with Gasteiger partial charge in [-0.05, 0) is 31.4 Å². The Hall–Kier alpha value is -1.45. The summed E-state index contributed by atoms with van der Waals surface area (Å²) in [5.74, 6) is 1.43. The highest BCUT2D eigenvalue weighted by molar-refractivity contribution is 5.78. The fourth-order valence-corrected chi connectivity index (χ4v) is 2.40. The van der Waals surface area contributed by atoms with E-state index >= 15 is 0 Å². The molecule has 1 fully saturated rings. The zero-order valence-corrected chi connectivity index (χ0v) is 11.1. The maximum Gasteiger partial charge on any atom is 0.189 e. The maximum atomic E-state index is 5.92. The molecule has 0 aromatic carbocycles. The average Bonchev–Trinajstić information content (AvgIpc) is 2.61. The number of hydrogen-bond donors (Lipinski definition) is 2. The Morgan fingerprint density at radius 3 is 2.72 bits per heavy atom. The molecule has 0 unspecified atom stereocenters. The minimum absolute atomic E-state index is 0.494. The van der Waals surface area contributed by atoms with Crippen LogP contribution in [0.1, 0.15) is 49.8 Å². The Kier molecular flexibility index (Phi) is 4.67. The lowest BCUT2D eigenvalue weighted by atomic mass is 10.1. The Labute approximate surface area is 109 Å². The molecule has 100 valence electrons. The van der Waals surface area contributed by atoms with E-state index in [2.05, 4.69) is 10.3 Å². The van der Waals surface area contributed by atoms with Gasteiger partial charge in [-0.3, -0.25) is 0 Å². The van der Waals surface area contributed by atoms with Crippen LogP contribution >= 0.6 is 0 Å². The first kappa shape index (κ1) is 13.0. The van der Waals surface area contributed by atoms with Crippen LogP contribution in [0.25, 0.3) is 0 Å². The van der Waals surface area contributed by atoms with Crippen molar-refractivity contribution in [2.24, 2.45) is 10.7 Å². The van der Waals surface area contributed by atoms with Crippen LogP contribution in [0.4, 0.5) is 0 Å². The van der Waals surface area contributed by atoms with Gasteiger partial charge >= 0.3 is 0 Å². The van der Waals surface area contributed by atoms with E-state index in [9.17, 15) is 0 Å². The van der Waals surface area contributed by atoms with Crippen LogP contribution in [0.3, 0.4) is 0 Å². The molecule has 4 nitrogen and oxygen atoms in total. The summed E-state index contributed by atoms with van der Waals surface area (Å²) in [6.07, 6.45) is 9.38. The SMILES string of the molecule is Cc1ccoc1CN=C(N)NC1CCCCCC1. The van der Waals surface area contributed by atoms with Gasteiger partial charge in [-0.25, -0.2) is 4.99 Å². The molecule has 1 aromatic heterocycles. The molecule has 1 saturated carbocycles. The lowest BCUT2D eigenvalue weighted by Crippen LogP contribution is -2.39. The predicted molar refractivity (Wildman–Crippen MR) is 73.4 cm³/mol. The Balaban J connectivity index is 1.83. The smallest absolute Gasteiger partial charge is 0.189 e. The normalized spacial score (nSPS) is 18.6. The molecule has 0 atom stereocenters. The molecular weight excluding hydrogens is 226 g/mol. The minimum Gasteiger partial charge on any atom is -0.467 e. The Morgan fingerprint density at radius 1 is 1.39 bits per heavy atom. The van der Waals surface area contributed by atoms with Gasteiger partial charge < -0.3 is 15.5 Å². The molecule has 1 aliphatic carbocycles. The second kappa shape index (κ2) is 6.47. The first-order valence-corrected chi connectivity index (χ1v) is 6.85. The molecule has 1 aromatic rings. The van der Waals surface area contributed by atoms with Crippen molar-refractivity contribution in [3.05, 3.63) is 23.7 Å². The minimum atomic E-state index is 0.494. The number of aliphatic imine (C=N–C) groups is 1. The lowest BCUT2D eigenvalue weighted by molar-refractivity contribution is 0.506. The van der Waals surface area contributed by atoms with Crippen LogP contribution in [0.5, 0.6) is 0 Å². The summed E-state index contributed by atoms with van der Waals surface area (Å²) in [4.78, 5) is 4.34. The third-order valence-corrected chi connectivity index (χ3v) is 3.57. The highest BCUT2D eigenvalue weighted by atomic mass is 16.3. The molecule has 1 aliphatic rings. The van der Waals surface area contributed by atoms with Gasteiger partial charge in [-0.2, -0.15) is 0 Å². The fraction of sp³-hybridized carbons (Fsp3) is 0.643. The van der Waals surface area contributed by atoms with E-state index in [1.54, 1.807) is 6.26 Å². The summed E-state index contributed by atoms with van der Waals surface area (Å²) in [5, 5.41) is 3.33. The third-order valence-electron chi connectivity index (χ3n) is 3.57. The Morgan fingerprint density at radius 2 is 2.11 bits per heavy atom. The summed E-state index contributed by atoms with van der Waals surface area (Å²) in [5.41, 5.74) is 7.05. The first-order valence-electron chi connectivity index (χ1n) is 6.85. The van der Waals surface area contributed by atoms with Crippen molar-refractivity contribution in [1.29, 1.82) is 0 Å². The van der Waals surface area contributed by atoms with Crippen molar-refractivity contribution in [3.8, 4) is 0 Å². The number of nitrogens with two attached hydrogens (primary N) is 1. The van der Waals surface area contributed by atoms with Crippen LogP contribution in [-0.2, 0) is 6.54 Å². The zero-order chi connectivity index (χ0) is 12.8. The molecule has 0 saturated heterocycles. The summed E-state index contributed by atoms with van der Waals surface area (Å²) in [6, 6.07) is 2.44.